The highest BCUT2D eigenvalue weighted by molar-refractivity contribution is 6.16. The summed E-state index contributed by atoms with van der Waals surface area (Å²) in [7, 11) is 2.04. The minimum absolute atomic E-state index is 0.0840. The first kappa shape index (κ1) is 24.0. The molecule has 0 saturated carbocycles. The number of hydrogen-bond donors (Lipinski definition) is 0. The summed E-state index contributed by atoms with van der Waals surface area (Å²) in [5, 5.41) is 0.709. The summed E-state index contributed by atoms with van der Waals surface area (Å²) >= 11 is 0. The molecule has 0 unspecified atom stereocenters. The second-order valence-electron chi connectivity index (χ2n) is 13.3. The maximum atomic E-state index is 8.34. The molecule has 3 aromatic carbocycles. The molecule has 6 nitrogen and oxygen atoms in total. The van der Waals surface area contributed by atoms with Crippen LogP contribution in [0.2, 0.25) is 0 Å². The van der Waals surface area contributed by atoms with E-state index in [-0.39, 0.29) is 39.8 Å². The smallest absolute Gasteiger partial charge is 0.300 e. The summed E-state index contributed by atoms with van der Waals surface area (Å²) in [6, 6.07) is 24.7. The van der Waals surface area contributed by atoms with Crippen LogP contribution in [0.3, 0.4) is 0 Å². The van der Waals surface area contributed by atoms with Gasteiger partial charge in [0.25, 0.3) is 0 Å². The number of hydrogen-bond acceptors (Lipinski definition) is 4. The third-order valence-corrected chi connectivity index (χ3v) is 9.55. The third kappa shape index (κ3) is 4.35. The van der Waals surface area contributed by atoms with Gasteiger partial charge in [0.05, 0.1) is 34.9 Å². The molecule has 5 aromatic heterocycles. The lowest BCUT2D eigenvalue weighted by atomic mass is 9.88. The van der Waals surface area contributed by atoms with E-state index in [1.165, 1.54) is 17.2 Å². The molecule has 0 fully saturated rings. The Hall–Kier alpha value is -5.23. The van der Waals surface area contributed by atoms with Crippen molar-refractivity contribution in [3.63, 3.8) is 0 Å². The van der Waals surface area contributed by atoms with Crippen molar-refractivity contribution in [1.29, 1.82) is 0 Å². The first-order valence-corrected chi connectivity index (χ1v) is 16.4. The number of furan rings is 2. The van der Waals surface area contributed by atoms with Gasteiger partial charge >= 0.3 is 5.82 Å². The fourth-order valence-electron chi connectivity index (χ4n) is 7.34. The Kier molecular flexibility index (Phi) is 5.45. The number of pyridine rings is 2. The molecule has 0 atom stereocenters. The van der Waals surface area contributed by atoms with Crippen LogP contribution in [0.4, 0.5) is 0 Å². The summed E-state index contributed by atoms with van der Waals surface area (Å²) in [6.07, 6.45) is 0. The molecule has 48 heavy (non-hydrogen) atoms. The Morgan fingerprint density at radius 1 is 0.708 bits per heavy atom. The Morgan fingerprint density at radius 3 is 2.08 bits per heavy atom. The molecule has 240 valence electrons. The van der Waals surface area contributed by atoms with Crippen molar-refractivity contribution in [3.05, 3.63) is 107 Å². The minimum atomic E-state index is -2.74. The van der Waals surface area contributed by atoms with E-state index in [4.69, 9.17) is 22.0 Å². The van der Waals surface area contributed by atoms with Gasteiger partial charge in [-0.25, -0.2) is 4.57 Å². The van der Waals surface area contributed by atoms with Gasteiger partial charge in [-0.2, -0.15) is 4.57 Å². The van der Waals surface area contributed by atoms with Gasteiger partial charge in [-0.15, -0.1) is 0 Å². The number of fused-ring (bicyclic) bond motifs is 6. The highest BCUT2D eigenvalue weighted by Gasteiger charge is 2.35. The topological polar surface area (TPSA) is 60.9 Å². The largest absolute Gasteiger partial charge is 0.452 e. The zero-order chi connectivity index (χ0) is 38.6. The predicted octanol–water partition coefficient (Wildman–Crippen LogP) is 10.7. The number of imidazole rings is 1. The fourth-order valence-corrected chi connectivity index (χ4v) is 7.34. The van der Waals surface area contributed by atoms with E-state index in [2.05, 4.69) is 90.3 Å². The van der Waals surface area contributed by atoms with Crippen molar-refractivity contribution in [3.8, 4) is 28.2 Å². The van der Waals surface area contributed by atoms with Crippen LogP contribution in [-0.2, 0) is 7.05 Å². The van der Waals surface area contributed by atoms with Crippen LogP contribution in [0.25, 0.3) is 72.3 Å². The monoisotopic (exact) mass is 639 g/mol. The SMILES string of the molecule is [2H]C([2H])([2H])c1cc2oc3c(oc4c(-c5n(-c6c(C(C)C)cc(-c7ccccc7)cc6C(C)C)c6ccccc6[n+]5C)c(C)nc(C)c43)c2c(C([2H])([2H])[2H])n1. The lowest BCUT2D eigenvalue weighted by Gasteiger charge is -2.21. The molecule has 8 rings (SSSR count). The zero-order valence-electron chi connectivity index (χ0n) is 34.2. The van der Waals surface area contributed by atoms with Crippen LogP contribution in [-0.4, -0.2) is 14.5 Å². The van der Waals surface area contributed by atoms with Gasteiger partial charge in [-0.1, -0.05) is 70.2 Å². The number of para-hydroxylation sites is 2. The lowest BCUT2D eigenvalue weighted by Crippen LogP contribution is -2.31. The number of benzene rings is 3. The van der Waals surface area contributed by atoms with Crippen LogP contribution in [0.1, 0.15) is 81.7 Å². The lowest BCUT2D eigenvalue weighted by molar-refractivity contribution is -0.633. The molecule has 0 saturated heterocycles. The Bertz CT molecular complexity index is 2760. The van der Waals surface area contributed by atoms with Crippen LogP contribution in [0.5, 0.6) is 0 Å². The maximum Gasteiger partial charge on any atom is 0.300 e. The predicted molar refractivity (Wildman–Crippen MR) is 195 cm³/mol. The van der Waals surface area contributed by atoms with E-state index in [1.54, 1.807) is 0 Å². The molecule has 0 aliphatic heterocycles. The van der Waals surface area contributed by atoms with Gasteiger partial charge in [0.1, 0.15) is 16.8 Å². The number of nitrogens with zero attached hydrogens (tertiary/aromatic N) is 4. The molecule has 8 aromatic rings. The first-order chi connectivity index (χ1) is 25.5. The van der Waals surface area contributed by atoms with E-state index in [9.17, 15) is 0 Å². The fraction of sp³-hybridized carbons (Fsp3) is 0.262. The van der Waals surface area contributed by atoms with Crippen molar-refractivity contribution in [2.75, 3.05) is 0 Å². The van der Waals surface area contributed by atoms with Crippen LogP contribution >= 0.6 is 0 Å². The standard InChI is InChI=1S/C42H41N4O2/c1-22(2)30-20-29(28-15-11-10-12-16-28)21-31(23(3)4)38(30)46-33-18-14-13-17-32(33)45(9)42(46)37-27(8)44-26(7)36-39(37)48-40-35-25(6)43-24(5)19-34(35)47-41(36)40/h10-23H,1-9H3/q+1/i5D3,6D3. The van der Waals surface area contributed by atoms with Crippen molar-refractivity contribution < 1.29 is 21.6 Å². The highest BCUT2D eigenvalue weighted by Crippen LogP contribution is 2.45. The Balaban J connectivity index is 1.52. The highest BCUT2D eigenvalue weighted by atomic mass is 16.4. The van der Waals surface area contributed by atoms with Crippen molar-refractivity contribution in [2.24, 2.45) is 7.05 Å². The average Bonchev–Trinajstić information content (AvgIpc) is 3.75. The average molecular weight is 640 g/mol. The number of aryl methyl sites for hydroxylation is 5. The molecule has 0 aliphatic carbocycles. The molecule has 0 aliphatic rings. The van der Waals surface area contributed by atoms with Gasteiger partial charge in [0.2, 0.25) is 0 Å². The summed E-state index contributed by atoms with van der Waals surface area (Å²) in [6.45, 7) is 7.32. The van der Waals surface area contributed by atoms with Crippen LogP contribution in [0, 0.1) is 27.6 Å². The summed E-state index contributed by atoms with van der Waals surface area (Å²) in [4.78, 5) is 9.22. The van der Waals surface area contributed by atoms with Crippen molar-refractivity contribution in [2.45, 2.75) is 67.1 Å². The third-order valence-electron chi connectivity index (χ3n) is 9.55. The summed E-state index contributed by atoms with van der Waals surface area (Å²) in [5.74, 6) is 1.17. The summed E-state index contributed by atoms with van der Waals surface area (Å²) in [5.41, 5.74) is 10.2. The summed E-state index contributed by atoms with van der Waals surface area (Å²) < 4.78 is 66.5. The second-order valence-corrected chi connectivity index (χ2v) is 13.3. The van der Waals surface area contributed by atoms with Gasteiger partial charge in [-0.05, 0) is 74.8 Å². The molecule has 0 N–H and O–H groups in total. The molecule has 0 amide bonds. The number of rotatable bonds is 5. The van der Waals surface area contributed by atoms with E-state index >= 15 is 0 Å². The van der Waals surface area contributed by atoms with Crippen molar-refractivity contribution in [1.82, 2.24) is 14.5 Å². The minimum Gasteiger partial charge on any atom is -0.452 e. The molecule has 0 spiro atoms. The second kappa shape index (κ2) is 10.9. The molecular weight excluding hydrogens is 592 g/mol. The molecular formula is C42H41N4O2+. The van der Waals surface area contributed by atoms with Crippen LogP contribution in [0.15, 0.2) is 81.6 Å². The maximum absolute atomic E-state index is 8.34. The van der Waals surface area contributed by atoms with E-state index in [1.807, 2.05) is 39.1 Å². The molecule has 5 heterocycles. The molecule has 0 bridgehead atoms. The van der Waals surface area contributed by atoms with E-state index in [0.717, 1.165) is 44.9 Å². The van der Waals surface area contributed by atoms with E-state index in [0.29, 0.717) is 22.2 Å². The Labute approximate surface area is 289 Å². The Morgan fingerprint density at radius 2 is 1.40 bits per heavy atom. The van der Waals surface area contributed by atoms with Gasteiger partial charge in [0.15, 0.2) is 27.8 Å². The van der Waals surface area contributed by atoms with Crippen LogP contribution < -0.4 is 4.57 Å². The van der Waals surface area contributed by atoms with Gasteiger partial charge < -0.3 is 8.83 Å². The van der Waals surface area contributed by atoms with E-state index < -0.39 is 13.7 Å². The quantitative estimate of drug-likeness (QED) is 0.176. The first-order valence-electron chi connectivity index (χ1n) is 19.4. The number of aromatic nitrogens is 4. The molecule has 6 heteroatoms. The normalized spacial score (nSPS) is 14.6. The van der Waals surface area contributed by atoms with Crippen molar-refractivity contribution >= 4 is 44.1 Å². The van der Waals surface area contributed by atoms with Gasteiger partial charge in [0, 0.05) is 31.1 Å². The molecule has 0 radical (unpaired) electrons. The zero-order valence-corrected chi connectivity index (χ0v) is 28.2. The van der Waals surface area contributed by atoms with Gasteiger partial charge in [-0.3, -0.25) is 9.97 Å².